The van der Waals surface area contributed by atoms with E-state index in [9.17, 15) is 18.0 Å². The number of carbonyl (C=O) groups excluding carboxylic acids is 2. The molecule has 1 atom stereocenters. The lowest BCUT2D eigenvalue weighted by molar-refractivity contribution is -0.117. The molecular formula is C21H26N4O5S. The van der Waals surface area contributed by atoms with E-state index in [1.807, 2.05) is 20.8 Å². The van der Waals surface area contributed by atoms with Crippen LogP contribution in [-0.4, -0.2) is 38.0 Å². The molecule has 0 saturated carbocycles. The van der Waals surface area contributed by atoms with Crippen LogP contribution in [0.1, 0.15) is 43.1 Å². The van der Waals surface area contributed by atoms with Crippen LogP contribution in [0.2, 0.25) is 0 Å². The van der Waals surface area contributed by atoms with Crippen LogP contribution in [0.15, 0.2) is 47.4 Å². The Morgan fingerprint density at radius 1 is 1.10 bits per heavy atom. The number of hydrogen-bond donors (Lipinski definition) is 5. The molecule has 31 heavy (non-hydrogen) atoms. The van der Waals surface area contributed by atoms with Crippen molar-refractivity contribution in [2.45, 2.75) is 43.5 Å². The van der Waals surface area contributed by atoms with E-state index in [0.717, 1.165) is 5.56 Å². The standard InChI is InChI=1S/C21H26N4O5S/c1-21(2,3)14-5-7-15(8-6-14)31(29,30)22-11-10-17-20(27)24-16-9-4-13(19(26)25-28)12-18(16)23-17/h4-9,12,17,22-23,28H,10-11H2,1-3H3,(H,24,27)(H,25,26). The molecule has 0 spiro atoms. The number of sulfonamides is 1. The molecule has 1 heterocycles. The highest BCUT2D eigenvalue weighted by Crippen LogP contribution is 2.28. The van der Waals surface area contributed by atoms with Crippen LogP contribution in [0, 0.1) is 0 Å². The number of fused-ring (bicyclic) bond motifs is 1. The zero-order valence-electron chi connectivity index (χ0n) is 17.5. The molecule has 0 bridgehead atoms. The number of hydroxylamine groups is 1. The van der Waals surface area contributed by atoms with Gasteiger partial charge in [0.15, 0.2) is 0 Å². The fourth-order valence-electron chi connectivity index (χ4n) is 3.21. The van der Waals surface area contributed by atoms with Gasteiger partial charge in [0.2, 0.25) is 15.9 Å². The van der Waals surface area contributed by atoms with E-state index in [4.69, 9.17) is 5.21 Å². The molecule has 1 aliphatic rings. The van der Waals surface area contributed by atoms with Crippen LogP contribution < -0.4 is 20.8 Å². The molecule has 9 nitrogen and oxygen atoms in total. The van der Waals surface area contributed by atoms with Crippen LogP contribution in [0.4, 0.5) is 11.4 Å². The van der Waals surface area contributed by atoms with Crippen LogP contribution in [0.3, 0.4) is 0 Å². The number of carbonyl (C=O) groups is 2. The van der Waals surface area contributed by atoms with Crippen molar-refractivity contribution in [3.63, 3.8) is 0 Å². The van der Waals surface area contributed by atoms with E-state index in [1.165, 1.54) is 12.1 Å². The molecule has 3 rings (SSSR count). The molecule has 10 heteroatoms. The Bertz CT molecular complexity index is 1090. The smallest absolute Gasteiger partial charge is 0.274 e. The van der Waals surface area contributed by atoms with Crippen molar-refractivity contribution in [1.29, 1.82) is 0 Å². The van der Waals surface area contributed by atoms with Crippen molar-refractivity contribution in [2.24, 2.45) is 0 Å². The quantitative estimate of drug-likeness (QED) is 0.341. The molecule has 2 amide bonds. The average molecular weight is 447 g/mol. The van der Waals surface area contributed by atoms with Crippen molar-refractivity contribution in [2.75, 3.05) is 17.2 Å². The molecule has 0 aliphatic carbocycles. The lowest BCUT2D eigenvalue weighted by atomic mass is 9.87. The minimum atomic E-state index is -3.71. The molecule has 1 aliphatic heterocycles. The van der Waals surface area contributed by atoms with Gasteiger partial charge in [-0.3, -0.25) is 14.8 Å². The summed E-state index contributed by atoms with van der Waals surface area (Å²) in [5.74, 6) is -0.983. The molecule has 0 aromatic heterocycles. The summed E-state index contributed by atoms with van der Waals surface area (Å²) >= 11 is 0. The normalized spacial score (nSPS) is 16.1. The number of anilines is 2. The van der Waals surface area contributed by atoms with E-state index in [-0.39, 0.29) is 34.7 Å². The molecular weight excluding hydrogens is 420 g/mol. The van der Waals surface area contributed by atoms with Crippen molar-refractivity contribution >= 4 is 33.2 Å². The number of benzene rings is 2. The molecule has 2 aromatic rings. The zero-order chi connectivity index (χ0) is 22.8. The summed E-state index contributed by atoms with van der Waals surface area (Å²) in [6.45, 7) is 6.19. The third-order valence-corrected chi connectivity index (χ3v) is 6.52. The van der Waals surface area contributed by atoms with Gasteiger partial charge in [-0.15, -0.1) is 0 Å². The molecule has 166 valence electrons. The minimum Gasteiger partial charge on any atom is -0.372 e. The third-order valence-electron chi connectivity index (χ3n) is 5.04. The maximum absolute atomic E-state index is 12.6. The van der Waals surface area contributed by atoms with E-state index < -0.39 is 22.0 Å². The second-order valence-electron chi connectivity index (χ2n) is 8.35. The molecule has 5 N–H and O–H groups in total. The van der Waals surface area contributed by atoms with Crippen LogP contribution in [0.25, 0.3) is 0 Å². The van der Waals surface area contributed by atoms with E-state index >= 15 is 0 Å². The Morgan fingerprint density at radius 2 is 1.77 bits per heavy atom. The second-order valence-corrected chi connectivity index (χ2v) is 10.1. The van der Waals surface area contributed by atoms with Crippen LogP contribution >= 0.6 is 0 Å². The molecule has 0 radical (unpaired) electrons. The Hall–Kier alpha value is -2.95. The number of hydrogen-bond acceptors (Lipinski definition) is 6. The topological polar surface area (TPSA) is 137 Å². The van der Waals surface area contributed by atoms with Crippen molar-refractivity contribution < 1.29 is 23.2 Å². The van der Waals surface area contributed by atoms with E-state index in [2.05, 4.69) is 15.4 Å². The van der Waals surface area contributed by atoms with Crippen molar-refractivity contribution in [1.82, 2.24) is 10.2 Å². The highest BCUT2D eigenvalue weighted by molar-refractivity contribution is 7.89. The number of amides is 2. The molecule has 2 aromatic carbocycles. The van der Waals surface area contributed by atoms with Gasteiger partial charge in [-0.05, 0) is 47.7 Å². The van der Waals surface area contributed by atoms with Crippen LogP contribution in [-0.2, 0) is 20.2 Å². The van der Waals surface area contributed by atoms with Gasteiger partial charge < -0.3 is 10.6 Å². The maximum Gasteiger partial charge on any atom is 0.274 e. The van der Waals surface area contributed by atoms with E-state index in [1.54, 1.807) is 35.8 Å². The first-order chi connectivity index (χ1) is 14.5. The van der Waals surface area contributed by atoms with Crippen molar-refractivity contribution in [3.05, 3.63) is 53.6 Å². The van der Waals surface area contributed by atoms with Crippen LogP contribution in [0.5, 0.6) is 0 Å². The highest BCUT2D eigenvalue weighted by Gasteiger charge is 2.26. The minimum absolute atomic E-state index is 0.0423. The Labute approximate surface area is 181 Å². The lowest BCUT2D eigenvalue weighted by Crippen LogP contribution is -2.41. The Balaban J connectivity index is 1.63. The Kier molecular flexibility index (Phi) is 6.35. The zero-order valence-corrected chi connectivity index (χ0v) is 18.3. The number of nitrogens with one attached hydrogen (secondary N) is 4. The first-order valence-corrected chi connectivity index (χ1v) is 11.3. The monoisotopic (exact) mass is 446 g/mol. The van der Waals surface area contributed by atoms with E-state index in [0.29, 0.717) is 11.4 Å². The highest BCUT2D eigenvalue weighted by atomic mass is 32.2. The van der Waals surface area contributed by atoms with Gasteiger partial charge in [0, 0.05) is 12.1 Å². The fourth-order valence-corrected chi connectivity index (χ4v) is 4.26. The molecule has 0 saturated heterocycles. The second kappa shape index (κ2) is 8.66. The summed E-state index contributed by atoms with van der Waals surface area (Å²) < 4.78 is 27.7. The summed E-state index contributed by atoms with van der Waals surface area (Å²) in [6, 6.07) is 10.5. The first-order valence-electron chi connectivity index (χ1n) is 9.77. The first kappa shape index (κ1) is 22.7. The predicted octanol–water partition coefficient (Wildman–Crippen LogP) is 2.20. The van der Waals surface area contributed by atoms with Gasteiger partial charge in [-0.25, -0.2) is 18.6 Å². The fraction of sp³-hybridized carbons (Fsp3) is 0.333. The van der Waals surface area contributed by atoms with Crippen molar-refractivity contribution in [3.8, 4) is 0 Å². The summed E-state index contributed by atoms with van der Waals surface area (Å²) in [5.41, 5.74) is 3.72. The SMILES string of the molecule is CC(C)(C)c1ccc(S(=O)(=O)NCCC2Nc3cc(C(=O)NO)ccc3NC2=O)cc1. The van der Waals surface area contributed by atoms with Gasteiger partial charge in [0.05, 0.1) is 16.3 Å². The molecule has 0 fully saturated rings. The number of rotatable bonds is 6. The third kappa shape index (κ3) is 5.22. The summed E-state index contributed by atoms with van der Waals surface area (Å²) in [4.78, 5) is 24.1. The summed E-state index contributed by atoms with van der Waals surface area (Å²) in [6.07, 6.45) is 0.195. The van der Waals surface area contributed by atoms with Gasteiger partial charge in [-0.1, -0.05) is 32.9 Å². The Morgan fingerprint density at radius 3 is 2.39 bits per heavy atom. The van der Waals surface area contributed by atoms with Gasteiger partial charge in [0.25, 0.3) is 5.91 Å². The van der Waals surface area contributed by atoms with Gasteiger partial charge in [0.1, 0.15) is 6.04 Å². The predicted molar refractivity (Wildman–Crippen MR) is 117 cm³/mol. The van der Waals surface area contributed by atoms with Gasteiger partial charge >= 0.3 is 0 Å². The summed E-state index contributed by atoms with van der Waals surface area (Å²) in [7, 11) is -3.71. The molecule has 1 unspecified atom stereocenters. The lowest BCUT2D eigenvalue weighted by Gasteiger charge is -2.27. The largest absolute Gasteiger partial charge is 0.372 e. The van der Waals surface area contributed by atoms with Gasteiger partial charge in [-0.2, -0.15) is 0 Å². The average Bonchev–Trinajstić information content (AvgIpc) is 2.72. The summed E-state index contributed by atoms with van der Waals surface area (Å²) in [5, 5.41) is 14.5. The maximum atomic E-state index is 12.6.